The second-order valence-electron chi connectivity index (χ2n) is 4.59. The number of hydrogen-bond donors (Lipinski definition) is 2. The molecule has 3 rings (SSSR count). The number of ether oxygens (including phenoxy) is 1. The predicted molar refractivity (Wildman–Crippen MR) is 77.0 cm³/mol. The van der Waals surface area contributed by atoms with Gasteiger partial charge in [-0.3, -0.25) is 0 Å². The highest BCUT2D eigenvalue weighted by Gasteiger charge is 2.18. The van der Waals surface area contributed by atoms with E-state index in [1.165, 1.54) is 18.4 Å². The van der Waals surface area contributed by atoms with Gasteiger partial charge in [0.25, 0.3) is 11.8 Å². The summed E-state index contributed by atoms with van der Waals surface area (Å²) in [6.45, 7) is 1.76. The molecule has 0 fully saturated rings. The number of aromatic carboxylic acids is 1. The van der Waals surface area contributed by atoms with Crippen molar-refractivity contribution in [1.29, 1.82) is 0 Å². The number of H-pyrrole nitrogens is 1. The topological polar surface area (TPSA) is 114 Å². The Balaban J connectivity index is 1.81. The molecule has 0 aliphatic carbocycles. The Hall–Kier alpha value is -3.67. The fraction of sp³-hybridized carbons (Fsp3) is 0.0667. The van der Waals surface area contributed by atoms with Gasteiger partial charge in [-0.1, -0.05) is 16.2 Å². The normalized spacial score (nSPS) is 10.1. The van der Waals surface area contributed by atoms with E-state index in [4.69, 9.17) is 14.3 Å². The Bertz CT molecular complexity index is 967. The lowest BCUT2D eigenvalue weighted by molar-refractivity contribution is 0.0687. The number of aromatic amines is 1. The van der Waals surface area contributed by atoms with Crippen LogP contribution in [-0.4, -0.2) is 31.5 Å². The van der Waals surface area contributed by atoms with E-state index in [2.05, 4.69) is 32.2 Å². The molecule has 0 amide bonds. The summed E-state index contributed by atoms with van der Waals surface area (Å²) in [7, 11) is 0. The van der Waals surface area contributed by atoms with Gasteiger partial charge in [-0.2, -0.15) is 0 Å². The number of hydrogen-bond acceptors (Lipinski definition) is 6. The van der Waals surface area contributed by atoms with Gasteiger partial charge in [0.15, 0.2) is 11.6 Å². The molecule has 0 aliphatic heterocycles. The molecular weight excluding hydrogens is 319 g/mol. The van der Waals surface area contributed by atoms with Crippen molar-refractivity contribution >= 4 is 5.97 Å². The van der Waals surface area contributed by atoms with Crippen molar-refractivity contribution in [3.63, 3.8) is 0 Å². The molecule has 3 aromatic rings. The highest BCUT2D eigenvalue weighted by molar-refractivity contribution is 5.87. The van der Waals surface area contributed by atoms with Crippen molar-refractivity contribution in [3.8, 4) is 23.5 Å². The summed E-state index contributed by atoms with van der Waals surface area (Å²) in [5, 5.41) is 17.8. The monoisotopic (exact) mass is 328 g/mol. The molecule has 120 valence electrons. The summed E-state index contributed by atoms with van der Waals surface area (Å²) >= 11 is 0. The number of carboxylic acid groups (broad SMARTS) is 1. The Morgan fingerprint density at radius 2 is 2.25 bits per heavy atom. The van der Waals surface area contributed by atoms with Crippen LogP contribution in [0.2, 0.25) is 0 Å². The smallest absolute Gasteiger partial charge is 0.359 e. The minimum absolute atomic E-state index is 0.205. The van der Waals surface area contributed by atoms with Crippen LogP contribution in [0.5, 0.6) is 11.6 Å². The van der Waals surface area contributed by atoms with Crippen LogP contribution < -0.4 is 4.74 Å². The van der Waals surface area contributed by atoms with Crippen LogP contribution in [0.4, 0.5) is 4.39 Å². The summed E-state index contributed by atoms with van der Waals surface area (Å²) in [5.41, 5.74) is 0.683. The van der Waals surface area contributed by atoms with Gasteiger partial charge in [-0.05, 0) is 31.0 Å². The maximum absolute atomic E-state index is 14.1. The van der Waals surface area contributed by atoms with Crippen molar-refractivity contribution < 1.29 is 23.4 Å². The van der Waals surface area contributed by atoms with Crippen LogP contribution in [0.25, 0.3) is 0 Å². The number of aromatic nitrogens is 4. The summed E-state index contributed by atoms with van der Waals surface area (Å²) < 4.78 is 24.3. The molecule has 0 saturated heterocycles. The maximum Gasteiger partial charge on any atom is 0.359 e. The van der Waals surface area contributed by atoms with E-state index in [0.717, 1.165) is 6.07 Å². The first-order chi connectivity index (χ1) is 11.5. The summed E-state index contributed by atoms with van der Waals surface area (Å²) in [6.07, 6.45) is 1.46. The second-order valence-corrected chi connectivity index (χ2v) is 4.59. The first kappa shape index (κ1) is 15.2. The first-order valence-corrected chi connectivity index (χ1v) is 6.59. The molecule has 2 heterocycles. The molecule has 0 unspecified atom stereocenters. The summed E-state index contributed by atoms with van der Waals surface area (Å²) in [5.74, 6) is 2.99. The first-order valence-electron chi connectivity index (χ1n) is 6.59. The summed E-state index contributed by atoms with van der Waals surface area (Å²) in [4.78, 5) is 14.9. The molecular formula is C15H9FN4O4. The third-order valence-electron chi connectivity index (χ3n) is 2.80. The van der Waals surface area contributed by atoms with Gasteiger partial charge in [-0.15, -0.1) is 0 Å². The lowest BCUT2D eigenvalue weighted by Crippen LogP contribution is -2.00. The molecule has 2 aromatic heterocycles. The number of carboxylic acids is 1. The Morgan fingerprint density at radius 3 is 2.92 bits per heavy atom. The minimum atomic E-state index is -1.32. The van der Waals surface area contributed by atoms with E-state index >= 15 is 0 Å². The van der Waals surface area contributed by atoms with Gasteiger partial charge in [0.05, 0.1) is 5.69 Å². The van der Waals surface area contributed by atoms with Crippen molar-refractivity contribution in [1.82, 2.24) is 20.4 Å². The lowest BCUT2D eigenvalue weighted by atomic mass is 10.2. The third kappa shape index (κ3) is 3.22. The Kier molecular flexibility index (Phi) is 3.94. The van der Waals surface area contributed by atoms with Crippen molar-refractivity contribution in [3.05, 3.63) is 53.1 Å². The number of rotatable bonds is 3. The highest BCUT2D eigenvalue weighted by atomic mass is 19.1. The Labute approximate surface area is 134 Å². The molecule has 24 heavy (non-hydrogen) atoms. The lowest BCUT2D eigenvalue weighted by Gasteiger charge is -2.04. The molecule has 0 aliphatic rings. The minimum Gasteiger partial charge on any atom is -0.476 e. The molecule has 0 bridgehead atoms. The van der Waals surface area contributed by atoms with E-state index in [-0.39, 0.29) is 23.2 Å². The molecule has 8 nitrogen and oxygen atoms in total. The Morgan fingerprint density at radius 1 is 1.42 bits per heavy atom. The van der Waals surface area contributed by atoms with Crippen molar-refractivity contribution in [2.75, 3.05) is 0 Å². The quantitative estimate of drug-likeness (QED) is 0.708. The largest absolute Gasteiger partial charge is 0.476 e. The van der Waals surface area contributed by atoms with E-state index < -0.39 is 11.8 Å². The summed E-state index contributed by atoms with van der Waals surface area (Å²) in [6, 6.07) is 3.95. The second kappa shape index (κ2) is 6.21. The number of aryl methyl sites for hydroxylation is 1. The molecule has 0 saturated carbocycles. The van der Waals surface area contributed by atoms with E-state index in [1.807, 2.05) is 0 Å². The van der Waals surface area contributed by atoms with Crippen molar-refractivity contribution in [2.45, 2.75) is 6.92 Å². The standard InChI is InChI=1S/C15H9FN4O4/c1-8-7-23-12(17-8)5-3-9-2-4-11(10(16)6-9)24-14-13(15(21)22)18-20-19-14/h2,4,6-7H,1H3,(H,21,22)(H,18,19,20). The predicted octanol–water partition coefficient (Wildman–Crippen LogP) is 2.13. The van der Waals surface area contributed by atoms with E-state index in [9.17, 15) is 9.18 Å². The van der Waals surface area contributed by atoms with Gasteiger partial charge in [-0.25, -0.2) is 19.3 Å². The molecule has 0 atom stereocenters. The van der Waals surface area contributed by atoms with E-state index in [1.54, 1.807) is 6.92 Å². The van der Waals surface area contributed by atoms with Crippen molar-refractivity contribution in [2.24, 2.45) is 0 Å². The number of oxazole rings is 1. The molecule has 2 N–H and O–H groups in total. The fourth-order valence-corrected chi connectivity index (χ4v) is 1.73. The number of nitrogens with one attached hydrogen (secondary N) is 1. The SMILES string of the molecule is Cc1coc(C#Cc2ccc(Oc3nn[nH]c3C(=O)O)c(F)c2)n1. The zero-order chi connectivity index (χ0) is 17.1. The van der Waals surface area contributed by atoms with Crippen LogP contribution in [0.15, 0.2) is 28.9 Å². The van der Waals surface area contributed by atoms with Gasteiger partial charge >= 0.3 is 5.97 Å². The highest BCUT2D eigenvalue weighted by Crippen LogP contribution is 2.25. The van der Waals surface area contributed by atoms with Gasteiger partial charge in [0.1, 0.15) is 6.26 Å². The van der Waals surface area contributed by atoms with Crippen LogP contribution in [0, 0.1) is 24.6 Å². The number of benzene rings is 1. The number of nitrogens with zero attached hydrogens (tertiary/aromatic N) is 3. The van der Waals surface area contributed by atoms with E-state index in [0.29, 0.717) is 11.3 Å². The van der Waals surface area contributed by atoms with Crippen LogP contribution in [-0.2, 0) is 0 Å². The average molecular weight is 328 g/mol. The van der Waals surface area contributed by atoms with Gasteiger partial charge in [0.2, 0.25) is 5.69 Å². The number of carbonyl (C=O) groups is 1. The maximum atomic E-state index is 14.1. The molecule has 0 radical (unpaired) electrons. The van der Waals surface area contributed by atoms with Gasteiger partial charge in [0, 0.05) is 5.56 Å². The zero-order valence-corrected chi connectivity index (χ0v) is 12.2. The molecule has 0 spiro atoms. The number of halogens is 1. The molecule has 9 heteroatoms. The van der Waals surface area contributed by atoms with Gasteiger partial charge < -0.3 is 14.3 Å². The third-order valence-corrected chi connectivity index (χ3v) is 2.80. The van der Waals surface area contributed by atoms with Crippen LogP contribution in [0.3, 0.4) is 0 Å². The fourth-order valence-electron chi connectivity index (χ4n) is 1.73. The average Bonchev–Trinajstić information content (AvgIpc) is 3.16. The molecule has 1 aromatic carbocycles. The zero-order valence-electron chi connectivity index (χ0n) is 12.2. The van der Waals surface area contributed by atoms with Crippen LogP contribution in [0.1, 0.15) is 27.6 Å². The van der Waals surface area contributed by atoms with Crippen LogP contribution >= 0.6 is 0 Å².